The van der Waals surface area contributed by atoms with Crippen LogP contribution in [0.2, 0.25) is 20.1 Å². The maximum atomic E-state index is 10.0. The fourth-order valence-corrected chi connectivity index (χ4v) is 7.91. The van der Waals surface area contributed by atoms with Gasteiger partial charge in [0.15, 0.2) is 34.5 Å². The Balaban J connectivity index is 0.000000201. The minimum Gasteiger partial charge on any atom is -0.508 e. The highest BCUT2D eigenvalue weighted by molar-refractivity contribution is 6.37. The van der Waals surface area contributed by atoms with E-state index in [2.05, 4.69) is 6.92 Å². The molecule has 0 atom stereocenters. The molecule has 6 aromatic carbocycles. The van der Waals surface area contributed by atoms with Gasteiger partial charge in [-0.2, -0.15) is 0 Å². The van der Waals surface area contributed by atoms with Gasteiger partial charge >= 0.3 is 0 Å². The van der Waals surface area contributed by atoms with Crippen molar-refractivity contribution in [2.24, 2.45) is 0 Å². The molecule has 0 spiro atoms. The van der Waals surface area contributed by atoms with Crippen LogP contribution in [0.25, 0.3) is 0 Å². The van der Waals surface area contributed by atoms with Gasteiger partial charge in [-0.15, -0.1) is 0 Å². The van der Waals surface area contributed by atoms with E-state index in [1.54, 1.807) is 74.9 Å². The average molecular weight is 897 g/mol. The molecular weight excluding hydrogens is 846 g/mol. The zero-order valence-electron chi connectivity index (χ0n) is 34.9. The van der Waals surface area contributed by atoms with Crippen molar-refractivity contribution < 1.29 is 40.1 Å². The summed E-state index contributed by atoms with van der Waals surface area (Å²) in [5, 5.41) is 58.4. The first kappa shape index (κ1) is 47.6. The van der Waals surface area contributed by atoms with Crippen LogP contribution in [0.5, 0.6) is 46.0 Å². The van der Waals surface area contributed by atoms with Crippen molar-refractivity contribution in [1.29, 1.82) is 0 Å². The number of aromatic hydroxyl groups is 6. The number of benzene rings is 6. The van der Waals surface area contributed by atoms with Gasteiger partial charge in [0, 0.05) is 11.3 Å². The van der Waals surface area contributed by atoms with Crippen LogP contribution in [0.15, 0.2) is 84.9 Å². The Morgan fingerprint density at radius 2 is 0.817 bits per heavy atom. The highest BCUT2D eigenvalue weighted by atomic mass is 35.5. The lowest BCUT2D eigenvalue weighted by Crippen LogP contribution is -2.19. The Bertz CT molecular complexity index is 2250. The topological polar surface area (TPSA) is 140 Å². The molecule has 318 valence electrons. The summed E-state index contributed by atoms with van der Waals surface area (Å²) < 4.78 is 10.6. The minimum absolute atomic E-state index is 0.153. The molecule has 0 radical (unpaired) electrons. The van der Waals surface area contributed by atoms with Crippen molar-refractivity contribution in [1.82, 2.24) is 0 Å². The first-order valence-electron chi connectivity index (χ1n) is 18.8. The van der Waals surface area contributed by atoms with Crippen molar-refractivity contribution >= 4 is 46.4 Å². The van der Waals surface area contributed by atoms with Crippen LogP contribution in [0.4, 0.5) is 0 Å². The molecule has 6 rings (SSSR count). The van der Waals surface area contributed by atoms with Gasteiger partial charge in [-0.05, 0) is 150 Å². The summed E-state index contributed by atoms with van der Waals surface area (Å²) in [6.45, 7) is 13.8. The normalized spacial score (nSPS) is 11.0. The smallest absolute Gasteiger partial charge is 0.163 e. The summed E-state index contributed by atoms with van der Waals surface area (Å²) >= 11 is 23.9. The molecule has 0 unspecified atom stereocenters. The molecule has 0 bridgehead atoms. The van der Waals surface area contributed by atoms with Crippen LogP contribution in [-0.2, 0) is 11.8 Å². The number of hydrogen-bond acceptors (Lipinski definition) is 8. The van der Waals surface area contributed by atoms with Gasteiger partial charge in [-0.25, -0.2) is 0 Å². The fourth-order valence-electron chi connectivity index (χ4n) is 6.94. The second kappa shape index (κ2) is 20.0. The maximum Gasteiger partial charge on any atom is 0.163 e. The van der Waals surface area contributed by atoms with E-state index in [0.717, 1.165) is 55.6 Å². The Labute approximate surface area is 371 Å². The number of phenols is 6. The lowest BCUT2D eigenvalue weighted by atomic mass is 9.78. The summed E-state index contributed by atoms with van der Waals surface area (Å²) in [6, 6.07) is 24.4. The van der Waals surface area contributed by atoms with E-state index in [9.17, 15) is 30.6 Å². The number of phenolic OH excluding ortho intramolecular Hbond substituents is 6. The zero-order valence-corrected chi connectivity index (χ0v) is 37.9. The quantitative estimate of drug-likeness (QED) is 0.0888. The zero-order chi connectivity index (χ0) is 44.8. The molecule has 0 fully saturated rings. The SMILES string of the molecule is CC(C)(c1cc(Cl)c(O)c(Cl)c1)c1cc(Cl)c(O)c(Cl)c1.CC(c1ccc(O)cc1)c1ccc(O)cc1.COc1c(O)cc(C)c(Cc2c(C)cc(O)c(OC)c2C)c1C. The second-order valence-corrected chi connectivity index (χ2v) is 16.6. The highest BCUT2D eigenvalue weighted by Crippen LogP contribution is 2.43. The summed E-state index contributed by atoms with van der Waals surface area (Å²) in [5.41, 5.74) is 9.41. The molecular formula is C48H50Cl4O8. The predicted octanol–water partition coefficient (Wildman–Crippen LogP) is 13.2. The predicted molar refractivity (Wildman–Crippen MR) is 243 cm³/mol. The van der Waals surface area contributed by atoms with E-state index in [1.807, 2.05) is 65.8 Å². The standard InChI is InChI=1S/C19H24O4.C15H12Cl4O2.C14H14O2/c1-10-7-16(20)18(22-5)12(3)14(10)9-15-11(2)8-17(21)19(23-6)13(15)4;1-15(2,7-3-9(16)13(20)10(17)4-7)8-5-11(18)14(21)12(19)6-8;1-10(11-2-6-13(15)7-3-11)12-4-8-14(16)9-5-12/h7-8,20-21H,9H2,1-6H3;3-6,20-21H,1-2H3;2-10,15-16H,1H3. The van der Waals surface area contributed by atoms with Crippen molar-refractivity contribution in [3.8, 4) is 46.0 Å². The highest BCUT2D eigenvalue weighted by Gasteiger charge is 2.27. The Hall–Kier alpha value is -5.12. The summed E-state index contributed by atoms with van der Waals surface area (Å²) in [7, 11) is 3.11. The van der Waals surface area contributed by atoms with Gasteiger partial charge in [-0.3, -0.25) is 0 Å². The summed E-state index contributed by atoms with van der Waals surface area (Å²) in [5.74, 6) is 1.83. The van der Waals surface area contributed by atoms with Crippen LogP contribution >= 0.6 is 46.4 Å². The van der Waals surface area contributed by atoms with Gasteiger partial charge in [-0.1, -0.05) is 91.4 Å². The minimum atomic E-state index is -0.526. The molecule has 0 saturated carbocycles. The van der Waals surface area contributed by atoms with Crippen LogP contribution in [0, 0.1) is 27.7 Å². The first-order valence-corrected chi connectivity index (χ1v) is 20.3. The third-order valence-electron chi connectivity index (χ3n) is 10.7. The van der Waals surface area contributed by atoms with Crippen molar-refractivity contribution in [2.75, 3.05) is 14.2 Å². The van der Waals surface area contributed by atoms with E-state index >= 15 is 0 Å². The monoisotopic (exact) mass is 894 g/mol. The maximum absolute atomic E-state index is 10.0. The molecule has 0 amide bonds. The van der Waals surface area contributed by atoms with E-state index < -0.39 is 5.41 Å². The molecule has 0 aliphatic heterocycles. The van der Waals surface area contributed by atoms with Gasteiger partial charge in [0.1, 0.15) is 11.5 Å². The summed E-state index contributed by atoms with van der Waals surface area (Å²) in [6.07, 6.45) is 0.683. The van der Waals surface area contributed by atoms with Gasteiger partial charge < -0.3 is 40.1 Å². The second-order valence-electron chi connectivity index (χ2n) is 15.0. The van der Waals surface area contributed by atoms with E-state index in [1.165, 1.54) is 0 Å². The van der Waals surface area contributed by atoms with Crippen molar-refractivity contribution in [2.45, 2.75) is 66.2 Å². The van der Waals surface area contributed by atoms with E-state index in [0.29, 0.717) is 17.9 Å². The largest absolute Gasteiger partial charge is 0.508 e. The molecule has 12 heteroatoms. The van der Waals surface area contributed by atoms with Gasteiger partial charge in [0.25, 0.3) is 0 Å². The molecule has 0 aromatic heterocycles. The Kier molecular flexibility index (Phi) is 15.8. The number of hydrogen-bond donors (Lipinski definition) is 6. The first-order chi connectivity index (χ1) is 28.1. The molecule has 60 heavy (non-hydrogen) atoms. The Morgan fingerprint density at radius 3 is 1.10 bits per heavy atom. The molecule has 0 aliphatic carbocycles. The van der Waals surface area contributed by atoms with E-state index in [4.69, 9.17) is 55.9 Å². The summed E-state index contributed by atoms with van der Waals surface area (Å²) in [4.78, 5) is 0. The van der Waals surface area contributed by atoms with Crippen molar-refractivity contribution in [3.63, 3.8) is 0 Å². The number of aryl methyl sites for hydroxylation is 2. The fraction of sp³-hybridized carbons (Fsp3) is 0.250. The third-order valence-corrected chi connectivity index (χ3v) is 11.9. The average Bonchev–Trinajstić information content (AvgIpc) is 3.19. The van der Waals surface area contributed by atoms with Gasteiger partial charge in [0.05, 0.1) is 34.3 Å². The molecule has 6 aromatic rings. The molecule has 0 heterocycles. The molecule has 8 nitrogen and oxygen atoms in total. The molecule has 0 saturated heterocycles. The lowest BCUT2D eigenvalue weighted by Gasteiger charge is -2.27. The third kappa shape index (κ3) is 10.8. The van der Waals surface area contributed by atoms with Crippen LogP contribution in [-0.4, -0.2) is 44.9 Å². The lowest BCUT2D eigenvalue weighted by molar-refractivity contribution is 0.369. The van der Waals surface area contributed by atoms with Crippen LogP contribution < -0.4 is 9.47 Å². The van der Waals surface area contributed by atoms with Crippen molar-refractivity contribution in [3.05, 3.63) is 161 Å². The molecule has 6 N–H and O–H groups in total. The number of ether oxygens (including phenoxy) is 2. The molecule has 0 aliphatic rings. The number of halogens is 4. The number of methoxy groups -OCH3 is 2. The Morgan fingerprint density at radius 1 is 0.517 bits per heavy atom. The van der Waals surface area contributed by atoms with Gasteiger partial charge in [0.2, 0.25) is 0 Å². The van der Waals surface area contributed by atoms with E-state index in [-0.39, 0.29) is 60.5 Å². The van der Waals surface area contributed by atoms with Crippen LogP contribution in [0.3, 0.4) is 0 Å². The van der Waals surface area contributed by atoms with Crippen LogP contribution in [0.1, 0.15) is 82.3 Å². The number of rotatable bonds is 8.